The van der Waals surface area contributed by atoms with Crippen LogP contribution in [0, 0.1) is 17.8 Å². The summed E-state index contributed by atoms with van der Waals surface area (Å²) in [7, 11) is -1.92. The molecule has 3 atom stereocenters. The van der Waals surface area contributed by atoms with Crippen LogP contribution in [0.3, 0.4) is 0 Å². The van der Waals surface area contributed by atoms with Gasteiger partial charge in [-0.05, 0) is 31.1 Å². The van der Waals surface area contributed by atoms with E-state index >= 15 is 0 Å². The normalized spacial score (nSPS) is 32.5. The summed E-state index contributed by atoms with van der Waals surface area (Å²) in [6, 6.07) is 0. The molecule has 0 bridgehead atoms. The van der Waals surface area contributed by atoms with Gasteiger partial charge in [-0.1, -0.05) is 6.92 Å². The summed E-state index contributed by atoms with van der Waals surface area (Å²) in [5.41, 5.74) is 0. The number of rotatable bonds is 5. The Morgan fingerprint density at radius 1 is 1.47 bits per heavy atom. The van der Waals surface area contributed by atoms with Crippen molar-refractivity contribution in [2.75, 3.05) is 26.7 Å². The van der Waals surface area contributed by atoms with Gasteiger partial charge in [-0.15, -0.1) is 0 Å². The molecule has 2 aliphatic rings. The molecule has 1 heterocycles. The van der Waals surface area contributed by atoms with Gasteiger partial charge < -0.3 is 5.11 Å². The van der Waals surface area contributed by atoms with E-state index in [9.17, 15) is 13.2 Å². The number of carboxylic acids is 1. The lowest BCUT2D eigenvalue weighted by molar-refractivity contribution is -0.142. The van der Waals surface area contributed by atoms with Crippen LogP contribution in [0.25, 0.3) is 0 Å². The van der Waals surface area contributed by atoms with Crippen LogP contribution >= 0.6 is 0 Å². The molecule has 1 N–H and O–H groups in total. The molecule has 0 aromatic carbocycles. The van der Waals surface area contributed by atoms with Crippen LogP contribution in [0.2, 0.25) is 0 Å². The topological polar surface area (TPSA) is 77.9 Å². The Morgan fingerprint density at radius 3 is 2.63 bits per heavy atom. The molecule has 0 radical (unpaired) electrons. The highest BCUT2D eigenvalue weighted by Crippen LogP contribution is 2.38. The predicted octanol–water partition coefficient (Wildman–Crippen LogP) is 0.616. The molecule has 7 heteroatoms. The van der Waals surface area contributed by atoms with Crippen LogP contribution in [0.1, 0.15) is 26.2 Å². The van der Waals surface area contributed by atoms with Crippen LogP contribution < -0.4 is 0 Å². The van der Waals surface area contributed by atoms with Crippen molar-refractivity contribution in [3.05, 3.63) is 0 Å². The second-order valence-corrected chi connectivity index (χ2v) is 7.83. The highest BCUT2D eigenvalue weighted by atomic mass is 32.2. The maximum Gasteiger partial charge on any atom is 0.307 e. The van der Waals surface area contributed by atoms with Gasteiger partial charge in [-0.25, -0.2) is 0 Å². The SMILES string of the molecule is CC1CC1CN(C)S(=O)(=O)N1CCCC(C(=O)O)C1. The Kier molecular flexibility index (Phi) is 4.17. The van der Waals surface area contributed by atoms with E-state index in [2.05, 4.69) is 6.92 Å². The molecule has 1 aliphatic carbocycles. The molecule has 3 unspecified atom stereocenters. The number of aliphatic carboxylic acids is 1. The molecule has 1 saturated carbocycles. The zero-order valence-electron chi connectivity index (χ0n) is 11.4. The monoisotopic (exact) mass is 290 g/mol. The molecule has 0 aromatic heterocycles. The van der Waals surface area contributed by atoms with E-state index in [1.165, 1.54) is 8.61 Å². The third-order valence-corrected chi connectivity index (χ3v) is 6.14. The van der Waals surface area contributed by atoms with Crippen molar-refractivity contribution in [3.63, 3.8) is 0 Å². The van der Waals surface area contributed by atoms with E-state index in [-0.39, 0.29) is 6.54 Å². The summed E-state index contributed by atoms with van der Waals surface area (Å²) >= 11 is 0. The fourth-order valence-corrected chi connectivity index (χ4v) is 4.13. The molecular formula is C12H22N2O4S. The summed E-state index contributed by atoms with van der Waals surface area (Å²) in [6.45, 7) is 3.18. The van der Waals surface area contributed by atoms with E-state index in [1.54, 1.807) is 7.05 Å². The highest BCUT2D eigenvalue weighted by Gasteiger charge is 2.39. The first-order chi connectivity index (χ1) is 8.82. The molecule has 2 rings (SSSR count). The maximum absolute atomic E-state index is 12.4. The Balaban J connectivity index is 1.99. The Bertz CT molecular complexity index is 451. The van der Waals surface area contributed by atoms with Crippen LogP contribution in [0.15, 0.2) is 0 Å². The Morgan fingerprint density at radius 2 is 2.11 bits per heavy atom. The third kappa shape index (κ3) is 3.27. The molecule has 1 aliphatic heterocycles. The molecule has 110 valence electrons. The Hall–Kier alpha value is -0.660. The van der Waals surface area contributed by atoms with E-state index in [0.717, 1.165) is 6.42 Å². The van der Waals surface area contributed by atoms with E-state index in [4.69, 9.17) is 5.11 Å². The number of piperidine rings is 1. The van der Waals surface area contributed by atoms with Crippen molar-refractivity contribution >= 4 is 16.2 Å². The summed E-state index contributed by atoms with van der Waals surface area (Å²) < 4.78 is 27.5. The highest BCUT2D eigenvalue weighted by molar-refractivity contribution is 7.86. The van der Waals surface area contributed by atoms with Gasteiger partial charge in [0.2, 0.25) is 0 Å². The Labute approximate surface area is 114 Å². The number of carboxylic acid groups (broad SMARTS) is 1. The minimum absolute atomic E-state index is 0.0994. The average Bonchev–Trinajstić information content (AvgIpc) is 3.05. The second-order valence-electron chi connectivity index (χ2n) is 5.80. The predicted molar refractivity (Wildman–Crippen MR) is 70.8 cm³/mol. The van der Waals surface area contributed by atoms with Gasteiger partial charge in [0.1, 0.15) is 0 Å². The van der Waals surface area contributed by atoms with Gasteiger partial charge in [0.15, 0.2) is 0 Å². The lowest BCUT2D eigenvalue weighted by atomic mass is 10.0. The average molecular weight is 290 g/mol. The lowest BCUT2D eigenvalue weighted by Crippen LogP contribution is -2.48. The summed E-state index contributed by atoms with van der Waals surface area (Å²) in [5, 5.41) is 9.02. The van der Waals surface area contributed by atoms with Gasteiger partial charge in [0.05, 0.1) is 5.92 Å². The number of hydrogen-bond donors (Lipinski definition) is 1. The van der Waals surface area contributed by atoms with Gasteiger partial charge in [-0.2, -0.15) is 17.0 Å². The molecule has 0 amide bonds. The van der Waals surface area contributed by atoms with Crippen LogP contribution in [0.4, 0.5) is 0 Å². The fourth-order valence-electron chi connectivity index (χ4n) is 2.63. The quantitative estimate of drug-likeness (QED) is 0.805. The number of hydrogen-bond acceptors (Lipinski definition) is 3. The largest absolute Gasteiger partial charge is 0.481 e. The molecular weight excluding hydrogens is 268 g/mol. The zero-order chi connectivity index (χ0) is 14.2. The first-order valence-electron chi connectivity index (χ1n) is 6.76. The first kappa shape index (κ1) is 14.7. The van der Waals surface area contributed by atoms with Gasteiger partial charge in [-0.3, -0.25) is 4.79 Å². The van der Waals surface area contributed by atoms with Gasteiger partial charge in [0.25, 0.3) is 10.2 Å². The standard InChI is InChI=1S/C12H22N2O4S/c1-9-6-11(9)7-13(2)19(17,18)14-5-3-4-10(8-14)12(15)16/h9-11H,3-8H2,1-2H3,(H,15,16). The van der Waals surface area contributed by atoms with Crippen molar-refractivity contribution < 1.29 is 18.3 Å². The molecule has 19 heavy (non-hydrogen) atoms. The zero-order valence-corrected chi connectivity index (χ0v) is 12.3. The van der Waals surface area contributed by atoms with Gasteiger partial charge >= 0.3 is 5.97 Å². The number of nitrogens with zero attached hydrogens (tertiary/aromatic N) is 2. The first-order valence-corrected chi connectivity index (χ1v) is 8.16. The van der Waals surface area contributed by atoms with Crippen molar-refractivity contribution in [2.45, 2.75) is 26.2 Å². The van der Waals surface area contributed by atoms with E-state index in [0.29, 0.717) is 37.8 Å². The molecule has 0 spiro atoms. The van der Waals surface area contributed by atoms with Crippen molar-refractivity contribution in [2.24, 2.45) is 17.8 Å². The minimum atomic E-state index is -3.50. The molecule has 0 aromatic rings. The molecule has 6 nitrogen and oxygen atoms in total. The fraction of sp³-hybridized carbons (Fsp3) is 0.917. The van der Waals surface area contributed by atoms with Crippen LogP contribution in [-0.4, -0.2) is 54.8 Å². The summed E-state index contributed by atoms with van der Waals surface area (Å²) in [5.74, 6) is -0.416. The summed E-state index contributed by atoms with van der Waals surface area (Å²) in [6.07, 6.45) is 2.26. The van der Waals surface area contributed by atoms with E-state index in [1.807, 2.05) is 0 Å². The number of carbonyl (C=O) groups is 1. The van der Waals surface area contributed by atoms with Crippen LogP contribution in [0.5, 0.6) is 0 Å². The van der Waals surface area contributed by atoms with Gasteiger partial charge in [0, 0.05) is 26.7 Å². The lowest BCUT2D eigenvalue weighted by Gasteiger charge is -2.32. The minimum Gasteiger partial charge on any atom is -0.481 e. The maximum atomic E-state index is 12.4. The molecule has 1 saturated heterocycles. The smallest absolute Gasteiger partial charge is 0.307 e. The van der Waals surface area contributed by atoms with Crippen molar-refractivity contribution in [3.8, 4) is 0 Å². The third-order valence-electron chi connectivity index (χ3n) is 4.22. The van der Waals surface area contributed by atoms with E-state index < -0.39 is 22.1 Å². The second kappa shape index (κ2) is 5.38. The van der Waals surface area contributed by atoms with Crippen LogP contribution in [-0.2, 0) is 15.0 Å². The molecule has 2 fully saturated rings. The van der Waals surface area contributed by atoms with Crippen molar-refractivity contribution in [1.82, 2.24) is 8.61 Å². The summed E-state index contributed by atoms with van der Waals surface area (Å²) in [4.78, 5) is 11.0. The van der Waals surface area contributed by atoms with Crippen molar-refractivity contribution in [1.29, 1.82) is 0 Å².